The Morgan fingerprint density at radius 2 is 1.95 bits per heavy atom. The molecule has 3 aliphatic rings. The van der Waals surface area contributed by atoms with Gasteiger partial charge in [0.25, 0.3) is 0 Å². The van der Waals surface area contributed by atoms with Crippen molar-refractivity contribution in [2.75, 3.05) is 0 Å². The van der Waals surface area contributed by atoms with Gasteiger partial charge in [0, 0.05) is 12.3 Å². The normalized spacial score (nSPS) is 51.7. The molecule has 0 aromatic carbocycles. The highest BCUT2D eigenvalue weighted by Crippen LogP contribution is 2.63. The van der Waals surface area contributed by atoms with Gasteiger partial charge in [0.15, 0.2) is 5.78 Å². The Bertz CT molecular complexity index is 428. The number of fused-ring (bicyclic) bond motifs is 4. The van der Waals surface area contributed by atoms with E-state index in [1.165, 1.54) is 0 Å². The molecule has 0 aromatic heterocycles. The van der Waals surface area contributed by atoms with Gasteiger partial charge in [0.1, 0.15) is 11.2 Å². The average Bonchev–Trinajstić information content (AvgIpc) is 2.73. The van der Waals surface area contributed by atoms with Crippen molar-refractivity contribution in [3.05, 3.63) is 0 Å². The molecule has 0 amide bonds. The van der Waals surface area contributed by atoms with Gasteiger partial charge in [-0.05, 0) is 37.0 Å². The minimum Gasteiger partial charge on any atom is -0.390 e. The fraction of sp³-hybridized carbons (Fsp3) is 0.938. The molecular weight excluding hydrogens is 240 g/mol. The molecule has 1 aliphatic carbocycles. The monoisotopic (exact) mass is 266 g/mol. The van der Waals surface area contributed by atoms with E-state index >= 15 is 0 Å². The fourth-order valence-electron chi connectivity index (χ4n) is 5.01. The summed E-state index contributed by atoms with van der Waals surface area (Å²) >= 11 is 0. The molecule has 0 spiro atoms. The highest BCUT2D eigenvalue weighted by Gasteiger charge is 2.71. The van der Waals surface area contributed by atoms with Crippen LogP contribution in [0.5, 0.6) is 0 Å². The van der Waals surface area contributed by atoms with Gasteiger partial charge in [-0.15, -0.1) is 0 Å². The van der Waals surface area contributed by atoms with Crippen molar-refractivity contribution in [3.8, 4) is 0 Å². The predicted octanol–water partition coefficient (Wildman–Crippen LogP) is 2.56. The van der Waals surface area contributed by atoms with E-state index in [9.17, 15) is 9.90 Å². The van der Waals surface area contributed by atoms with Crippen LogP contribution in [0.25, 0.3) is 0 Å². The molecule has 3 heteroatoms. The van der Waals surface area contributed by atoms with Gasteiger partial charge < -0.3 is 9.84 Å². The number of carbonyl (C=O) groups is 1. The van der Waals surface area contributed by atoms with Crippen LogP contribution in [0.1, 0.15) is 53.9 Å². The lowest BCUT2D eigenvalue weighted by Crippen LogP contribution is -2.61. The molecule has 2 heterocycles. The molecule has 3 nitrogen and oxygen atoms in total. The van der Waals surface area contributed by atoms with E-state index in [0.717, 1.165) is 12.8 Å². The summed E-state index contributed by atoms with van der Waals surface area (Å²) in [5, 5.41) is 11.0. The third-order valence-electron chi connectivity index (χ3n) is 6.35. The topological polar surface area (TPSA) is 46.5 Å². The molecule has 3 rings (SSSR count). The summed E-state index contributed by atoms with van der Waals surface area (Å²) in [6.45, 7) is 10.5. The molecule has 2 bridgehead atoms. The van der Waals surface area contributed by atoms with E-state index in [2.05, 4.69) is 27.7 Å². The highest BCUT2D eigenvalue weighted by atomic mass is 16.6. The predicted molar refractivity (Wildman–Crippen MR) is 72.7 cm³/mol. The zero-order valence-corrected chi connectivity index (χ0v) is 12.7. The van der Waals surface area contributed by atoms with Gasteiger partial charge in [-0.1, -0.05) is 27.7 Å². The van der Waals surface area contributed by atoms with Crippen molar-refractivity contribution in [2.45, 2.75) is 71.2 Å². The lowest BCUT2D eigenvalue weighted by molar-refractivity contribution is -0.254. The summed E-state index contributed by atoms with van der Waals surface area (Å²) in [7, 11) is 0. The Kier molecular flexibility index (Phi) is 2.58. The molecule has 0 radical (unpaired) electrons. The number of hydrogen-bond acceptors (Lipinski definition) is 3. The van der Waals surface area contributed by atoms with E-state index in [-0.39, 0.29) is 29.0 Å². The smallest absolute Gasteiger partial charge is 0.167 e. The van der Waals surface area contributed by atoms with Gasteiger partial charge in [-0.3, -0.25) is 4.79 Å². The van der Waals surface area contributed by atoms with E-state index in [1.54, 1.807) is 0 Å². The number of aliphatic hydroxyl groups excluding tert-OH is 1. The average molecular weight is 266 g/mol. The highest BCUT2D eigenvalue weighted by molar-refractivity contribution is 5.91. The van der Waals surface area contributed by atoms with Crippen LogP contribution < -0.4 is 0 Å². The van der Waals surface area contributed by atoms with Crippen molar-refractivity contribution in [3.63, 3.8) is 0 Å². The molecule has 2 aliphatic heterocycles. The van der Waals surface area contributed by atoms with Gasteiger partial charge >= 0.3 is 0 Å². The molecule has 5 atom stereocenters. The van der Waals surface area contributed by atoms with E-state index in [4.69, 9.17) is 4.74 Å². The molecule has 1 saturated carbocycles. The number of Topliss-reactive ketones (excluding diaryl/α,β-unsaturated/α-hetero) is 1. The van der Waals surface area contributed by atoms with Crippen LogP contribution >= 0.6 is 0 Å². The number of aliphatic hydroxyl groups is 1. The Balaban J connectivity index is 2.13. The number of carbonyl (C=O) groups excluding carboxylic acids is 1. The second-order valence-corrected chi connectivity index (χ2v) is 8.02. The third kappa shape index (κ3) is 1.43. The minimum atomic E-state index is -0.665. The molecule has 5 unspecified atom stereocenters. The molecule has 108 valence electrons. The number of ether oxygens (including phenoxy) is 1. The van der Waals surface area contributed by atoms with Crippen LogP contribution in [0.2, 0.25) is 0 Å². The van der Waals surface area contributed by atoms with E-state index in [1.807, 2.05) is 6.92 Å². The van der Waals surface area contributed by atoms with Gasteiger partial charge in [0.05, 0.1) is 6.10 Å². The first-order chi connectivity index (χ1) is 8.65. The maximum Gasteiger partial charge on any atom is 0.167 e. The first-order valence-corrected chi connectivity index (χ1v) is 7.57. The standard InChI is InChI=1S/C16H26O3/c1-9(2)16-8-11(17)15(5,19-16)10-6-7-14(3,4)12(10)13(16)18/h9-10,12-13,18H,6-8H2,1-5H3. The van der Waals surface area contributed by atoms with Crippen LogP contribution in [0.3, 0.4) is 0 Å². The number of ketones is 1. The van der Waals surface area contributed by atoms with Gasteiger partial charge in [-0.2, -0.15) is 0 Å². The molecular formula is C16H26O3. The summed E-state index contributed by atoms with van der Waals surface area (Å²) in [4.78, 5) is 12.6. The Hall–Kier alpha value is -0.410. The lowest BCUT2D eigenvalue weighted by Gasteiger charge is -2.52. The first kappa shape index (κ1) is 13.6. The minimum absolute atomic E-state index is 0.0971. The molecule has 1 N–H and O–H groups in total. The second kappa shape index (κ2) is 3.62. The Morgan fingerprint density at radius 3 is 2.53 bits per heavy atom. The SMILES string of the molecule is CC(C)C12CC(=O)C(C)(O1)C1CCC(C)(C)C1C2O. The van der Waals surface area contributed by atoms with Crippen molar-refractivity contribution < 1.29 is 14.6 Å². The van der Waals surface area contributed by atoms with Gasteiger partial charge in [0.2, 0.25) is 0 Å². The molecule has 19 heavy (non-hydrogen) atoms. The van der Waals surface area contributed by atoms with E-state index in [0.29, 0.717) is 6.42 Å². The summed E-state index contributed by atoms with van der Waals surface area (Å²) in [5.74, 6) is 0.718. The van der Waals surface area contributed by atoms with Crippen molar-refractivity contribution >= 4 is 5.78 Å². The summed E-state index contributed by atoms with van der Waals surface area (Å²) in [5.41, 5.74) is -1.23. The zero-order chi connectivity index (χ0) is 14.2. The van der Waals surface area contributed by atoms with Crippen molar-refractivity contribution in [1.82, 2.24) is 0 Å². The maximum absolute atomic E-state index is 12.6. The van der Waals surface area contributed by atoms with Crippen molar-refractivity contribution in [2.24, 2.45) is 23.2 Å². The molecule has 3 fully saturated rings. The summed E-state index contributed by atoms with van der Waals surface area (Å²) in [6.07, 6.45) is 1.92. The number of hydrogen-bond donors (Lipinski definition) is 1. The Morgan fingerprint density at radius 1 is 1.32 bits per heavy atom. The molecule has 0 aromatic rings. The van der Waals surface area contributed by atoms with E-state index < -0.39 is 17.3 Å². The quantitative estimate of drug-likeness (QED) is 0.793. The fourth-order valence-corrected chi connectivity index (χ4v) is 5.01. The van der Waals surface area contributed by atoms with Crippen molar-refractivity contribution in [1.29, 1.82) is 0 Å². The molecule has 2 saturated heterocycles. The van der Waals surface area contributed by atoms with Gasteiger partial charge in [-0.25, -0.2) is 0 Å². The van der Waals surface area contributed by atoms with Crippen LogP contribution in [0, 0.1) is 23.2 Å². The maximum atomic E-state index is 12.6. The zero-order valence-electron chi connectivity index (χ0n) is 12.7. The van der Waals surface area contributed by atoms with Crippen LogP contribution in [0.4, 0.5) is 0 Å². The second-order valence-electron chi connectivity index (χ2n) is 8.02. The first-order valence-electron chi connectivity index (χ1n) is 7.57. The summed E-state index contributed by atoms with van der Waals surface area (Å²) in [6, 6.07) is 0. The lowest BCUT2D eigenvalue weighted by atomic mass is 9.65. The van der Waals surface area contributed by atoms with Crippen LogP contribution in [-0.4, -0.2) is 28.2 Å². The van der Waals surface area contributed by atoms with Crippen LogP contribution in [0.15, 0.2) is 0 Å². The number of rotatable bonds is 1. The van der Waals surface area contributed by atoms with Crippen LogP contribution in [-0.2, 0) is 9.53 Å². The summed E-state index contributed by atoms with van der Waals surface area (Å²) < 4.78 is 6.27. The largest absolute Gasteiger partial charge is 0.390 e. The third-order valence-corrected chi connectivity index (χ3v) is 6.35. The Labute approximate surface area is 115 Å².